The summed E-state index contributed by atoms with van der Waals surface area (Å²) in [6.07, 6.45) is 0. The van der Waals surface area contributed by atoms with Gasteiger partial charge >= 0.3 is 0 Å². The van der Waals surface area contributed by atoms with Crippen LogP contribution in [0.3, 0.4) is 0 Å². The van der Waals surface area contributed by atoms with Gasteiger partial charge < -0.3 is 10.2 Å². The van der Waals surface area contributed by atoms with Gasteiger partial charge in [0, 0.05) is 43.7 Å². The summed E-state index contributed by atoms with van der Waals surface area (Å²) >= 11 is 1.59. The van der Waals surface area contributed by atoms with E-state index in [1.807, 2.05) is 49.3 Å². The Morgan fingerprint density at radius 3 is 2.52 bits per heavy atom. The molecule has 1 amide bonds. The van der Waals surface area contributed by atoms with Gasteiger partial charge in [0.15, 0.2) is 5.16 Å². The Kier molecular flexibility index (Phi) is 7.66. The quantitative estimate of drug-likeness (QED) is 0.540. The van der Waals surface area contributed by atoms with Crippen molar-refractivity contribution in [2.75, 3.05) is 25.5 Å². The third-order valence-electron chi connectivity index (χ3n) is 3.99. The number of carbonyl (C=O) groups excluding carboxylic acids is 1. The van der Waals surface area contributed by atoms with Crippen LogP contribution in [0.5, 0.6) is 0 Å². The Hall–Kier alpha value is -2.08. The lowest BCUT2D eigenvalue weighted by atomic mass is 10.1. The lowest BCUT2D eigenvalue weighted by Gasteiger charge is -2.15. The van der Waals surface area contributed by atoms with E-state index >= 15 is 0 Å². The zero-order chi connectivity index (χ0) is 20.0. The van der Waals surface area contributed by atoms with E-state index in [1.54, 1.807) is 11.8 Å². The fraction of sp³-hybridized carbons (Fsp3) is 0.476. The van der Waals surface area contributed by atoms with E-state index in [0.29, 0.717) is 23.9 Å². The van der Waals surface area contributed by atoms with Crippen LogP contribution in [0.4, 0.5) is 5.82 Å². The second-order valence-electron chi connectivity index (χ2n) is 7.58. The van der Waals surface area contributed by atoms with Crippen LogP contribution in [0.25, 0.3) is 0 Å². The smallest absolute Gasteiger partial charge is 0.251 e. The first-order valence-corrected chi connectivity index (χ1v) is 10.3. The van der Waals surface area contributed by atoms with Crippen molar-refractivity contribution in [3.05, 3.63) is 47.2 Å². The van der Waals surface area contributed by atoms with E-state index in [-0.39, 0.29) is 5.91 Å². The van der Waals surface area contributed by atoms with Crippen molar-refractivity contribution < 1.29 is 4.79 Å². The molecule has 0 aliphatic rings. The average molecular weight is 387 g/mol. The van der Waals surface area contributed by atoms with E-state index < -0.39 is 0 Å². The highest BCUT2D eigenvalue weighted by atomic mass is 32.2. The summed E-state index contributed by atoms with van der Waals surface area (Å²) in [5, 5.41) is 3.73. The van der Waals surface area contributed by atoms with E-state index in [2.05, 4.69) is 43.0 Å². The van der Waals surface area contributed by atoms with Crippen LogP contribution in [0, 0.1) is 5.92 Å². The van der Waals surface area contributed by atoms with Crippen molar-refractivity contribution in [3.63, 3.8) is 0 Å². The summed E-state index contributed by atoms with van der Waals surface area (Å²) in [4.78, 5) is 23.6. The molecule has 6 heteroatoms. The topological polar surface area (TPSA) is 58.1 Å². The molecule has 27 heavy (non-hydrogen) atoms. The van der Waals surface area contributed by atoms with E-state index in [0.717, 1.165) is 28.0 Å². The van der Waals surface area contributed by atoms with E-state index in [1.165, 1.54) is 0 Å². The fourth-order valence-electron chi connectivity index (χ4n) is 2.37. The van der Waals surface area contributed by atoms with Gasteiger partial charge in [0.2, 0.25) is 0 Å². The molecule has 0 saturated heterocycles. The number of hydrogen-bond donors (Lipinski definition) is 1. The Labute approximate surface area is 167 Å². The largest absolute Gasteiger partial charge is 0.363 e. The Balaban J connectivity index is 2.10. The van der Waals surface area contributed by atoms with Gasteiger partial charge in [-0.2, -0.15) is 0 Å². The molecule has 0 saturated carbocycles. The molecule has 0 radical (unpaired) electrons. The van der Waals surface area contributed by atoms with Gasteiger partial charge in [0.05, 0.1) is 0 Å². The molecular formula is C21H30N4OS. The van der Waals surface area contributed by atoms with E-state index in [9.17, 15) is 4.79 Å². The minimum absolute atomic E-state index is 0.0245. The van der Waals surface area contributed by atoms with Crippen molar-refractivity contribution in [1.82, 2.24) is 15.3 Å². The summed E-state index contributed by atoms with van der Waals surface area (Å²) in [5.74, 6) is 2.39. The maximum atomic E-state index is 12.3. The standard InChI is InChI=1S/C21H30N4OS/c1-14(2)12-22-20(26)17-9-7-8-16(10-17)13-27-21-23-18(15(3)4)11-19(24-21)25(5)6/h7-11,14-15H,12-13H2,1-6H3,(H,22,26). The maximum Gasteiger partial charge on any atom is 0.251 e. The summed E-state index contributed by atoms with van der Waals surface area (Å²) < 4.78 is 0. The highest BCUT2D eigenvalue weighted by Gasteiger charge is 2.11. The molecule has 146 valence electrons. The van der Waals surface area contributed by atoms with Gasteiger partial charge in [-0.15, -0.1) is 0 Å². The number of benzene rings is 1. The second kappa shape index (κ2) is 9.74. The number of nitrogens with zero attached hydrogens (tertiary/aromatic N) is 3. The van der Waals surface area contributed by atoms with Gasteiger partial charge in [-0.3, -0.25) is 4.79 Å². The lowest BCUT2D eigenvalue weighted by molar-refractivity contribution is 0.0949. The molecule has 5 nitrogen and oxygen atoms in total. The molecule has 1 N–H and O–H groups in total. The van der Waals surface area contributed by atoms with Crippen LogP contribution in [0.1, 0.15) is 55.2 Å². The zero-order valence-electron chi connectivity index (χ0n) is 17.1. The molecular weight excluding hydrogens is 356 g/mol. The van der Waals surface area contributed by atoms with Crippen molar-refractivity contribution in [3.8, 4) is 0 Å². The van der Waals surface area contributed by atoms with Crippen LogP contribution in [0.15, 0.2) is 35.5 Å². The summed E-state index contributed by atoms with van der Waals surface area (Å²) in [6.45, 7) is 9.12. The second-order valence-corrected chi connectivity index (χ2v) is 8.52. The first-order chi connectivity index (χ1) is 12.8. The molecule has 0 unspecified atom stereocenters. The minimum atomic E-state index is -0.0245. The zero-order valence-corrected chi connectivity index (χ0v) is 17.9. The third-order valence-corrected chi connectivity index (χ3v) is 4.91. The van der Waals surface area contributed by atoms with Gasteiger partial charge in [-0.1, -0.05) is 51.6 Å². The van der Waals surface area contributed by atoms with Crippen LogP contribution in [-0.2, 0) is 5.75 Å². The summed E-state index contributed by atoms with van der Waals surface area (Å²) in [6, 6.07) is 9.79. The highest BCUT2D eigenvalue weighted by molar-refractivity contribution is 7.98. The van der Waals surface area contributed by atoms with E-state index in [4.69, 9.17) is 0 Å². The predicted molar refractivity (Wildman–Crippen MR) is 114 cm³/mol. The average Bonchev–Trinajstić information content (AvgIpc) is 2.64. The molecule has 0 atom stereocenters. The van der Waals surface area contributed by atoms with Crippen LogP contribution < -0.4 is 10.2 Å². The normalized spacial score (nSPS) is 11.1. The fourth-order valence-corrected chi connectivity index (χ4v) is 3.17. The molecule has 0 fully saturated rings. The predicted octanol–water partition coefficient (Wildman–Crippen LogP) is 4.34. The number of nitrogens with one attached hydrogen (secondary N) is 1. The Morgan fingerprint density at radius 2 is 1.89 bits per heavy atom. The van der Waals surface area contributed by atoms with Gasteiger partial charge in [-0.25, -0.2) is 9.97 Å². The number of anilines is 1. The number of thioether (sulfide) groups is 1. The number of aromatic nitrogens is 2. The van der Waals surface area contributed by atoms with Crippen molar-refractivity contribution in [1.29, 1.82) is 0 Å². The minimum Gasteiger partial charge on any atom is -0.363 e. The van der Waals surface area contributed by atoms with Gasteiger partial charge in [-0.05, 0) is 29.5 Å². The van der Waals surface area contributed by atoms with Crippen molar-refractivity contribution >= 4 is 23.5 Å². The molecule has 1 heterocycles. The molecule has 0 spiro atoms. The molecule has 2 rings (SSSR count). The van der Waals surface area contributed by atoms with Crippen LogP contribution in [0.2, 0.25) is 0 Å². The van der Waals surface area contributed by atoms with Crippen LogP contribution >= 0.6 is 11.8 Å². The first-order valence-electron chi connectivity index (χ1n) is 9.32. The SMILES string of the molecule is CC(C)CNC(=O)c1cccc(CSc2nc(C(C)C)cc(N(C)C)n2)c1. The summed E-state index contributed by atoms with van der Waals surface area (Å²) in [5.41, 5.74) is 2.82. The number of amides is 1. The molecule has 0 bridgehead atoms. The number of rotatable bonds is 8. The molecule has 0 aliphatic carbocycles. The monoisotopic (exact) mass is 386 g/mol. The highest BCUT2D eigenvalue weighted by Crippen LogP contribution is 2.25. The van der Waals surface area contributed by atoms with Crippen molar-refractivity contribution in [2.45, 2.75) is 44.5 Å². The van der Waals surface area contributed by atoms with Gasteiger partial charge in [0.25, 0.3) is 5.91 Å². The maximum absolute atomic E-state index is 12.3. The molecule has 0 aliphatic heterocycles. The van der Waals surface area contributed by atoms with Crippen molar-refractivity contribution in [2.24, 2.45) is 5.92 Å². The molecule has 2 aromatic rings. The third kappa shape index (κ3) is 6.54. The van der Waals surface area contributed by atoms with Gasteiger partial charge in [0.1, 0.15) is 5.82 Å². The number of hydrogen-bond acceptors (Lipinski definition) is 5. The Morgan fingerprint density at radius 1 is 1.15 bits per heavy atom. The first kappa shape index (κ1) is 21.2. The number of carbonyl (C=O) groups is 1. The summed E-state index contributed by atoms with van der Waals surface area (Å²) in [7, 11) is 3.97. The Bertz CT molecular complexity index is 748. The van der Waals surface area contributed by atoms with Crippen LogP contribution in [-0.4, -0.2) is 36.5 Å². The molecule has 1 aromatic heterocycles. The lowest BCUT2D eigenvalue weighted by Crippen LogP contribution is -2.27. The molecule has 1 aromatic carbocycles.